The third-order valence-electron chi connectivity index (χ3n) is 5.39. The number of benzene rings is 1. The van der Waals surface area contributed by atoms with Gasteiger partial charge in [0.05, 0.1) is 11.3 Å². The minimum atomic E-state index is -0.981. The maximum atomic E-state index is 13.0. The van der Waals surface area contributed by atoms with E-state index in [9.17, 15) is 9.59 Å². The number of imidazole rings is 1. The van der Waals surface area contributed by atoms with Gasteiger partial charge in [-0.25, -0.2) is 9.78 Å². The monoisotopic (exact) mass is 339 g/mol. The number of piperidine rings is 1. The van der Waals surface area contributed by atoms with Crippen molar-refractivity contribution < 1.29 is 14.7 Å². The molecule has 4 rings (SSSR count). The van der Waals surface area contributed by atoms with E-state index in [0.29, 0.717) is 11.5 Å². The molecule has 6 nitrogen and oxygen atoms in total. The number of hydrogen-bond donors (Lipinski definition) is 2. The van der Waals surface area contributed by atoms with E-state index in [0.717, 1.165) is 43.7 Å². The normalized spacial score (nSPS) is 22.2. The summed E-state index contributed by atoms with van der Waals surface area (Å²) in [5.41, 5.74) is 3.10. The van der Waals surface area contributed by atoms with Gasteiger partial charge in [-0.1, -0.05) is 0 Å². The highest BCUT2D eigenvalue weighted by Crippen LogP contribution is 2.40. The van der Waals surface area contributed by atoms with Crippen LogP contribution in [0.25, 0.3) is 0 Å². The predicted octanol–water partition coefficient (Wildman–Crippen LogP) is 2.75. The number of nitrogens with zero attached hydrogens (tertiary/aromatic N) is 2. The minimum Gasteiger partial charge on any atom is -0.478 e. The summed E-state index contributed by atoms with van der Waals surface area (Å²) in [5, 5.41) is 9.01. The number of hydrogen-bond acceptors (Lipinski definition) is 3. The zero-order chi connectivity index (χ0) is 17.6. The van der Waals surface area contributed by atoms with Crippen LogP contribution in [-0.4, -0.2) is 44.4 Å². The largest absolute Gasteiger partial charge is 0.478 e. The van der Waals surface area contributed by atoms with E-state index in [1.54, 1.807) is 12.1 Å². The second kappa shape index (κ2) is 6.02. The number of carboxylic acid groups (broad SMARTS) is 1. The first-order valence-corrected chi connectivity index (χ1v) is 8.74. The van der Waals surface area contributed by atoms with Crippen LogP contribution in [-0.2, 0) is 6.42 Å². The van der Waals surface area contributed by atoms with Gasteiger partial charge in [0.2, 0.25) is 0 Å². The number of nitrogens with one attached hydrogen (secondary N) is 1. The van der Waals surface area contributed by atoms with Gasteiger partial charge < -0.3 is 15.0 Å². The van der Waals surface area contributed by atoms with Gasteiger partial charge in [-0.2, -0.15) is 0 Å². The fraction of sp³-hybridized carbons (Fsp3) is 0.421. The molecule has 1 aromatic heterocycles. The first-order valence-electron chi connectivity index (χ1n) is 8.74. The van der Waals surface area contributed by atoms with Crippen molar-refractivity contribution >= 4 is 11.9 Å². The molecule has 1 amide bonds. The standard InChI is InChI=1S/C19H21N3O3/c1-11-20-15-8-9-16-14(17(15)21-11)3-2-10-22(16)18(23)12-4-6-13(7-5-12)19(24)25/h4-7,14,16H,2-3,8-10H2,1H3,(H,20,21)(H,24,25)/t14-,16-/m1/s1. The maximum Gasteiger partial charge on any atom is 0.335 e. The van der Waals surface area contributed by atoms with E-state index in [1.165, 1.54) is 17.8 Å². The zero-order valence-corrected chi connectivity index (χ0v) is 14.2. The van der Waals surface area contributed by atoms with Gasteiger partial charge in [0, 0.05) is 29.8 Å². The van der Waals surface area contributed by atoms with Crippen LogP contribution in [0.4, 0.5) is 0 Å². The van der Waals surface area contributed by atoms with Crippen LogP contribution in [0.2, 0.25) is 0 Å². The first-order chi connectivity index (χ1) is 12.0. The lowest BCUT2D eigenvalue weighted by Gasteiger charge is -2.43. The van der Waals surface area contributed by atoms with Crippen LogP contribution >= 0.6 is 0 Å². The molecular formula is C19H21N3O3. The molecule has 0 unspecified atom stereocenters. The van der Waals surface area contributed by atoms with E-state index in [1.807, 2.05) is 11.8 Å². The van der Waals surface area contributed by atoms with Crippen molar-refractivity contribution in [2.24, 2.45) is 0 Å². The molecule has 1 fully saturated rings. The summed E-state index contributed by atoms with van der Waals surface area (Å²) >= 11 is 0. The number of aryl methyl sites for hydroxylation is 2. The number of rotatable bonds is 2. The summed E-state index contributed by atoms with van der Waals surface area (Å²) in [6, 6.07) is 6.39. The Hall–Kier alpha value is -2.63. The van der Waals surface area contributed by atoms with Crippen molar-refractivity contribution in [3.8, 4) is 0 Å². The third kappa shape index (κ3) is 2.71. The predicted molar refractivity (Wildman–Crippen MR) is 91.8 cm³/mol. The van der Waals surface area contributed by atoms with E-state index in [4.69, 9.17) is 5.11 Å². The number of aromatic nitrogens is 2. The Morgan fingerprint density at radius 1 is 1.20 bits per heavy atom. The summed E-state index contributed by atoms with van der Waals surface area (Å²) in [6.45, 7) is 2.72. The first kappa shape index (κ1) is 15.9. The highest BCUT2D eigenvalue weighted by atomic mass is 16.4. The van der Waals surface area contributed by atoms with Crippen molar-refractivity contribution in [1.29, 1.82) is 0 Å². The van der Waals surface area contributed by atoms with Crippen molar-refractivity contribution in [1.82, 2.24) is 14.9 Å². The van der Waals surface area contributed by atoms with E-state index in [2.05, 4.69) is 9.97 Å². The molecule has 130 valence electrons. The molecule has 2 heterocycles. The quantitative estimate of drug-likeness (QED) is 0.881. The van der Waals surface area contributed by atoms with Gasteiger partial charge in [0.1, 0.15) is 5.82 Å². The summed E-state index contributed by atoms with van der Waals surface area (Å²) in [5.74, 6) is 0.246. The highest BCUT2D eigenvalue weighted by Gasteiger charge is 2.40. The maximum absolute atomic E-state index is 13.0. The van der Waals surface area contributed by atoms with Gasteiger partial charge in [0.15, 0.2) is 0 Å². The molecule has 2 N–H and O–H groups in total. The van der Waals surface area contributed by atoms with Crippen LogP contribution in [0.15, 0.2) is 24.3 Å². The average molecular weight is 339 g/mol. The van der Waals surface area contributed by atoms with Crippen LogP contribution in [0.1, 0.15) is 63.1 Å². The highest BCUT2D eigenvalue weighted by molar-refractivity contribution is 5.96. The summed E-state index contributed by atoms with van der Waals surface area (Å²) in [4.78, 5) is 34.0. The second-order valence-electron chi connectivity index (χ2n) is 6.92. The van der Waals surface area contributed by atoms with Gasteiger partial charge in [-0.3, -0.25) is 4.79 Å². The fourth-order valence-corrected chi connectivity index (χ4v) is 4.25. The molecule has 1 saturated heterocycles. The molecule has 1 aliphatic heterocycles. The number of aromatic amines is 1. The number of amides is 1. The number of carboxylic acids is 1. The van der Waals surface area contributed by atoms with Crippen LogP contribution in [0.3, 0.4) is 0 Å². The van der Waals surface area contributed by atoms with Crippen molar-refractivity contribution in [3.05, 3.63) is 52.6 Å². The molecule has 1 aromatic carbocycles. The lowest BCUT2D eigenvalue weighted by atomic mass is 9.78. The fourth-order valence-electron chi connectivity index (χ4n) is 4.25. The van der Waals surface area contributed by atoms with E-state index in [-0.39, 0.29) is 17.5 Å². The smallest absolute Gasteiger partial charge is 0.335 e. The number of H-pyrrole nitrogens is 1. The lowest BCUT2D eigenvalue weighted by Crippen LogP contribution is -2.49. The van der Waals surface area contributed by atoms with Gasteiger partial charge in [-0.15, -0.1) is 0 Å². The van der Waals surface area contributed by atoms with Crippen LogP contribution in [0.5, 0.6) is 0 Å². The SMILES string of the molecule is Cc1nc2c([nH]1)CC[C@@H]1[C@H]2CCCN1C(=O)c1ccc(C(=O)O)cc1. The molecule has 0 bridgehead atoms. The number of likely N-dealkylation sites (tertiary alicyclic amines) is 1. The number of carbonyl (C=O) groups is 2. The number of carbonyl (C=O) groups excluding carboxylic acids is 1. The average Bonchev–Trinajstić information content (AvgIpc) is 3.01. The lowest BCUT2D eigenvalue weighted by molar-refractivity contribution is 0.0541. The molecule has 25 heavy (non-hydrogen) atoms. The minimum absolute atomic E-state index is 0.0117. The molecule has 2 atom stereocenters. The van der Waals surface area contributed by atoms with Crippen molar-refractivity contribution in [2.45, 2.75) is 44.6 Å². The molecule has 1 aliphatic carbocycles. The van der Waals surface area contributed by atoms with Crippen LogP contribution < -0.4 is 0 Å². The molecule has 2 aliphatic rings. The third-order valence-corrected chi connectivity index (χ3v) is 5.39. The number of aromatic carboxylic acids is 1. The molecule has 2 aromatic rings. The van der Waals surface area contributed by atoms with Gasteiger partial charge >= 0.3 is 5.97 Å². The van der Waals surface area contributed by atoms with E-state index >= 15 is 0 Å². The second-order valence-corrected chi connectivity index (χ2v) is 6.92. The summed E-state index contributed by atoms with van der Waals surface area (Å²) in [7, 11) is 0. The number of fused-ring (bicyclic) bond motifs is 3. The Labute approximate surface area is 145 Å². The molecule has 6 heteroatoms. The summed E-state index contributed by atoms with van der Waals surface area (Å²) in [6.07, 6.45) is 3.88. The van der Waals surface area contributed by atoms with E-state index < -0.39 is 5.97 Å². The Morgan fingerprint density at radius 2 is 1.92 bits per heavy atom. The van der Waals surface area contributed by atoms with Crippen molar-refractivity contribution in [3.63, 3.8) is 0 Å². The van der Waals surface area contributed by atoms with Gasteiger partial charge in [-0.05, 0) is 56.9 Å². The van der Waals surface area contributed by atoms with Crippen molar-refractivity contribution in [2.75, 3.05) is 6.54 Å². The molecule has 0 saturated carbocycles. The Balaban J connectivity index is 1.60. The van der Waals surface area contributed by atoms with Gasteiger partial charge in [0.25, 0.3) is 5.91 Å². The molecule has 0 radical (unpaired) electrons. The molecular weight excluding hydrogens is 318 g/mol. The van der Waals surface area contributed by atoms with Crippen LogP contribution in [0, 0.1) is 6.92 Å². The summed E-state index contributed by atoms with van der Waals surface area (Å²) < 4.78 is 0. The molecule has 0 spiro atoms. The topological polar surface area (TPSA) is 86.3 Å². The Kier molecular flexibility index (Phi) is 3.82. The Morgan fingerprint density at radius 3 is 2.64 bits per heavy atom. The Bertz CT molecular complexity index is 825. The zero-order valence-electron chi connectivity index (χ0n) is 14.2.